The van der Waals surface area contributed by atoms with Crippen LogP contribution in [0.15, 0.2) is 47.7 Å². The molecule has 0 radical (unpaired) electrons. The smallest absolute Gasteiger partial charge is 0.262 e. The van der Waals surface area contributed by atoms with Crippen molar-refractivity contribution in [1.82, 2.24) is 24.1 Å². The summed E-state index contributed by atoms with van der Waals surface area (Å²) in [6.45, 7) is 2.24. The van der Waals surface area contributed by atoms with Crippen LogP contribution in [0, 0.1) is 5.92 Å². The molecular weight excluding hydrogens is 366 g/mol. The molecule has 0 amide bonds. The van der Waals surface area contributed by atoms with Crippen molar-refractivity contribution in [3.63, 3.8) is 0 Å². The number of pyridine rings is 1. The van der Waals surface area contributed by atoms with Crippen LogP contribution in [0.4, 0.5) is 0 Å². The fourth-order valence-corrected chi connectivity index (χ4v) is 4.60. The molecular formula is C22H23N5O2. The predicted molar refractivity (Wildman–Crippen MR) is 111 cm³/mol. The summed E-state index contributed by atoms with van der Waals surface area (Å²) in [6.07, 6.45) is 7.90. The summed E-state index contributed by atoms with van der Waals surface area (Å²) >= 11 is 0. The van der Waals surface area contributed by atoms with E-state index >= 15 is 0 Å². The van der Waals surface area contributed by atoms with Gasteiger partial charge in [-0.15, -0.1) is 0 Å². The van der Waals surface area contributed by atoms with Gasteiger partial charge in [0.15, 0.2) is 0 Å². The van der Waals surface area contributed by atoms with E-state index < -0.39 is 0 Å². The fourth-order valence-electron chi connectivity index (χ4n) is 4.60. The van der Waals surface area contributed by atoms with Gasteiger partial charge in [-0.25, -0.2) is 4.98 Å². The molecule has 29 heavy (non-hydrogen) atoms. The third-order valence-corrected chi connectivity index (χ3v) is 6.08. The molecule has 0 spiro atoms. The molecule has 7 nitrogen and oxygen atoms in total. The van der Waals surface area contributed by atoms with E-state index in [1.165, 1.54) is 12.7 Å². The number of nitrogens with zero attached hydrogens (tertiary/aromatic N) is 5. The number of ether oxygens (including phenoxy) is 1. The molecule has 7 heteroatoms. The second kappa shape index (κ2) is 6.99. The van der Waals surface area contributed by atoms with Crippen LogP contribution in [0.25, 0.3) is 27.9 Å². The Hall–Kier alpha value is -3.22. The number of para-hydroxylation sites is 1. The zero-order chi connectivity index (χ0) is 20.0. The maximum absolute atomic E-state index is 13.8. The first kappa shape index (κ1) is 17.8. The molecule has 1 fully saturated rings. The molecule has 0 saturated heterocycles. The van der Waals surface area contributed by atoms with Crippen LogP contribution >= 0.6 is 0 Å². The molecule has 3 heterocycles. The Balaban J connectivity index is 1.87. The van der Waals surface area contributed by atoms with Crippen LogP contribution in [0.5, 0.6) is 5.75 Å². The standard InChI is InChI=1S/C22H23N5O2/c1-14-7-3-5-9-17(14)26-12-11-16-19(21(26)28)20(27-22(25-16)23-13-24-27)15-8-4-6-10-18(15)29-2/h4,6,8,10-14,17H,3,5,7,9H2,1-2H3/t14-,17-/m1/s1. The summed E-state index contributed by atoms with van der Waals surface area (Å²) < 4.78 is 9.12. The van der Waals surface area contributed by atoms with Crippen LogP contribution in [0.3, 0.4) is 0 Å². The maximum Gasteiger partial charge on any atom is 0.262 e. The van der Waals surface area contributed by atoms with E-state index in [1.54, 1.807) is 11.6 Å². The first-order chi connectivity index (χ1) is 14.2. The highest BCUT2D eigenvalue weighted by atomic mass is 16.5. The molecule has 148 valence electrons. The second-order valence-electron chi connectivity index (χ2n) is 7.75. The highest BCUT2D eigenvalue weighted by molar-refractivity contribution is 5.94. The minimum absolute atomic E-state index is 0.0351. The van der Waals surface area contributed by atoms with Crippen molar-refractivity contribution in [3.05, 3.63) is 53.2 Å². The van der Waals surface area contributed by atoms with Crippen molar-refractivity contribution in [1.29, 1.82) is 0 Å². The summed E-state index contributed by atoms with van der Waals surface area (Å²) in [4.78, 5) is 22.6. The Bertz CT molecular complexity index is 1260. The molecule has 1 saturated carbocycles. The van der Waals surface area contributed by atoms with Gasteiger partial charge in [0.2, 0.25) is 0 Å². The molecule has 3 aromatic heterocycles. The Kier molecular flexibility index (Phi) is 4.30. The summed E-state index contributed by atoms with van der Waals surface area (Å²) in [7, 11) is 1.63. The number of fused-ring (bicyclic) bond motifs is 2. The van der Waals surface area contributed by atoms with E-state index in [0.29, 0.717) is 34.0 Å². The van der Waals surface area contributed by atoms with Gasteiger partial charge >= 0.3 is 0 Å². The number of hydrogen-bond donors (Lipinski definition) is 0. The highest BCUT2D eigenvalue weighted by Crippen LogP contribution is 2.35. The Morgan fingerprint density at radius 3 is 2.79 bits per heavy atom. The zero-order valence-corrected chi connectivity index (χ0v) is 16.6. The van der Waals surface area contributed by atoms with Crippen molar-refractivity contribution >= 4 is 16.7 Å². The van der Waals surface area contributed by atoms with Crippen LogP contribution in [-0.4, -0.2) is 31.3 Å². The Morgan fingerprint density at radius 1 is 1.14 bits per heavy atom. The number of benzene rings is 1. The van der Waals surface area contributed by atoms with E-state index in [-0.39, 0.29) is 11.6 Å². The lowest BCUT2D eigenvalue weighted by Crippen LogP contribution is -2.31. The van der Waals surface area contributed by atoms with E-state index in [0.717, 1.165) is 24.8 Å². The summed E-state index contributed by atoms with van der Waals surface area (Å²) in [5.74, 6) is 1.61. The summed E-state index contributed by atoms with van der Waals surface area (Å²) in [5, 5.41) is 4.91. The van der Waals surface area contributed by atoms with Gasteiger partial charge in [-0.3, -0.25) is 4.79 Å². The van der Waals surface area contributed by atoms with Gasteiger partial charge in [0.05, 0.1) is 23.7 Å². The van der Waals surface area contributed by atoms with Crippen LogP contribution in [-0.2, 0) is 0 Å². The lowest BCUT2D eigenvalue weighted by Gasteiger charge is -2.30. The fraction of sp³-hybridized carbons (Fsp3) is 0.364. The molecule has 0 N–H and O–H groups in total. The molecule has 0 bridgehead atoms. The van der Waals surface area contributed by atoms with Gasteiger partial charge in [0, 0.05) is 17.8 Å². The lowest BCUT2D eigenvalue weighted by atomic mass is 9.85. The minimum atomic E-state index is -0.0351. The Labute approximate surface area is 168 Å². The SMILES string of the molecule is COc1ccccc1-c1c2c(=O)n([C@@H]3CCCC[C@H]3C)ccc2nc2ncnn12. The maximum atomic E-state index is 13.8. The molecule has 0 aliphatic heterocycles. The van der Waals surface area contributed by atoms with Crippen molar-refractivity contribution in [3.8, 4) is 17.0 Å². The number of aromatic nitrogens is 5. The largest absolute Gasteiger partial charge is 0.496 e. The topological polar surface area (TPSA) is 74.3 Å². The van der Waals surface area contributed by atoms with Gasteiger partial charge in [-0.2, -0.15) is 14.6 Å². The quantitative estimate of drug-likeness (QED) is 0.532. The molecule has 0 unspecified atom stereocenters. The normalized spacial score (nSPS) is 19.7. The van der Waals surface area contributed by atoms with E-state index in [4.69, 9.17) is 4.74 Å². The van der Waals surface area contributed by atoms with Crippen molar-refractivity contribution < 1.29 is 4.74 Å². The number of hydrogen-bond acceptors (Lipinski definition) is 5. The predicted octanol–water partition coefficient (Wildman–Crippen LogP) is 3.87. The van der Waals surface area contributed by atoms with Crippen molar-refractivity contribution in [2.24, 2.45) is 5.92 Å². The highest BCUT2D eigenvalue weighted by Gasteiger charge is 2.26. The van der Waals surface area contributed by atoms with Crippen molar-refractivity contribution in [2.75, 3.05) is 7.11 Å². The first-order valence-corrected chi connectivity index (χ1v) is 10.1. The number of methoxy groups -OCH3 is 1. The summed E-state index contributed by atoms with van der Waals surface area (Å²) in [6, 6.07) is 9.79. The second-order valence-corrected chi connectivity index (χ2v) is 7.75. The van der Waals surface area contributed by atoms with E-state index in [1.807, 2.05) is 41.1 Å². The molecule has 2 atom stereocenters. The Morgan fingerprint density at radius 2 is 1.97 bits per heavy atom. The van der Waals surface area contributed by atoms with Gasteiger partial charge in [-0.05, 0) is 37.0 Å². The lowest BCUT2D eigenvalue weighted by molar-refractivity contribution is 0.253. The van der Waals surface area contributed by atoms with Gasteiger partial charge < -0.3 is 9.30 Å². The molecule has 1 aliphatic carbocycles. The third kappa shape index (κ3) is 2.80. The number of rotatable bonds is 3. The molecule has 4 aromatic rings. The average molecular weight is 389 g/mol. The molecule has 1 aliphatic rings. The van der Waals surface area contributed by atoms with Gasteiger partial charge in [0.25, 0.3) is 11.3 Å². The summed E-state index contributed by atoms with van der Waals surface area (Å²) in [5.41, 5.74) is 2.05. The third-order valence-electron chi connectivity index (χ3n) is 6.08. The van der Waals surface area contributed by atoms with Crippen molar-refractivity contribution in [2.45, 2.75) is 38.6 Å². The monoisotopic (exact) mass is 389 g/mol. The first-order valence-electron chi connectivity index (χ1n) is 10.1. The van der Waals surface area contributed by atoms with Crippen LogP contribution < -0.4 is 10.3 Å². The van der Waals surface area contributed by atoms with Crippen LogP contribution in [0.2, 0.25) is 0 Å². The molecule has 1 aromatic carbocycles. The van der Waals surface area contributed by atoms with Crippen LogP contribution in [0.1, 0.15) is 38.6 Å². The average Bonchev–Trinajstić information content (AvgIpc) is 3.21. The van der Waals surface area contributed by atoms with E-state index in [9.17, 15) is 4.79 Å². The minimum Gasteiger partial charge on any atom is -0.496 e. The van der Waals surface area contributed by atoms with Gasteiger partial charge in [0.1, 0.15) is 12.1 Å². The van der Waals surface area contributed by atoms with Gasteiger partial charge in [-0.1, -0.05) is 31.9 Å². The zero-order valence-electron chi connectivity index (χ0n) is 16.6. The van der Waals surface area contributed by atoms with E-state index in [2.05, 4.69) is 22.0 Å². The molecule has 5 rings (SSSR count).